The normalized spacial score (nSPS) is 24.8. The van der Waals surface area contributed by atoms with Crippen LogP contribution in [0.25, 0.3) is 0 Å². The Labute approximate surface area is 101 Å². The standard InChI is InChI=1S/C14H29NO/c1-13(2,3)12-8-7-9-15(10-12)11-16-14(4,5)6/h12H,7-11H2,1-6H3. The highest BCUT2D eigenvalue weighted by Gasteiger charge is 2.29. The molecule has 16 heavy (non-hydrogen) atoms. The maximum Gasteiger partial charge on any atom is 0.0997 e. The van der Waals surface area contributed by atoms with Crippen LogP contribution in [0.15, 0.2) is 0 Å². The van der Waals surface area contributed by atoms with Crippen LogP contribution in [-0.4, -0.2) is 30.3 Å². The topological polar surface area (TPSA) is 12.5 Å². The van der Waals surface area contributed by atoms with Crippen molar-refractivity contribution < 1.29 is 4.74 Å². The van der Waals surface area contributed by atoms with Gasteiger partial charge < -0.3 is 4.74 Å². The molecule has 1 atom stereocenters. The third kappa shape index (κ3) is 4.84. The predicted molar refractivity (Wildman–Crippen MR) is 69.5 cm³/mol. The lowest BCUT2D eigenvalue weighted by Gasteiger charge is -2.40. The number of likely N-dealkylation sites (tertiary alicyclic amines) is 1. The highest BCUT2D eigenvalue weighted by molar-refractivity contribution is 4.80. The third-order valence-electron chi connectivity index (χ3n) is 3.41. The Morgan fingerprint density at radius 3 is 2.25 bits per heavy atom. The van der Waals surface area contributed by atoms with Crippen LogP contribution in [0, 0.1) is 11.3 Å². The highest BCUT2D eigenvalue weighted by atomic mass is 16.5. The van der Waals surface area contributed by atoms with E-state index in [1.165, 1.54) is 25.9 Å². The van der Waals surface area contributed by atoms with Crippen LogP contribution < -0.4 is 0 Å². The van der Waals surface area contributed by atoms with Gasteiger partial charge in [-0.25, -0.2) is 0 Å². The van der Waals surface area contributed by atoms with Crippen LogP contribution in [0.3, 0.4) is 0 Å². The van der Waals surface area contributed by atoms with Gasteiger partial charge in [-0.1, -0.05) is 20.8 Å². The lowest BCUT2D eigenvalue weighted by atomic mass is 9.76. The Hall–Kier alpha value is -0.0800. The van der Waals surface area contributed by atoms with Gasteiger partial charge in [0.1, 0.15) is 0 Å². The van der Waals surface area contributed by atoms with Crippen molar-refractivity contribution in [1.82, 2.24) is 4.90 Å². The molecule has 0 amide bonds. The molecule has 2 heteroatoms. The molecule has 1 fully saturated rings. The molecule has 0 aromatic carbocycles. The van der Waals surface area contributed by atoms with E-state index in [2.05, 4.69) is 46.4 Å². The molecule has 0 bridgehead atoms. The van der Waals surface area contributed by atoms with Gasteiger partial charge >= 0.3 is 0 Å². The van der Waals surface area contributed by atoms with Gasteiger partial charge in [-0.2, -0.15) is 0 Å². The van der Waals surface area contributed by atoms with Crippen LogP contribution in [0.4, 0.5) is 0 Å². The molecule has 1 rings (SSSR count). The molecule has 1 aliphatic heterocycles. The second-order valence-corrected chi connectivity index (χ2v) is 7.17. The molecule has 1 heterocycles. The van der Waals surface area contributed by atoms with Gasteiger partial charge in [0.05, 0.1) is 12.3 Å². The Morgan fingerprint density at radius 1 is 1.12 bits per heavy atom. The summed E-state index contributed by atoms with van der Waals surface area (Å²) in [6.07, 6.45) is 2.69. The fourth-order valence-electron chi connectivity index (χ4n) is 2.16. The molecule has 0 spiro atoms. The minimum atomic E-state index is -0.0192. The maximum absolute atomic E-state index is 5.86. The van der Waals surface area contributed by atoms with Crippen molar-refractivity contribution >= 4 is 0 Å². The average Bonchev–Trinajstić information content (AvgIpc) is 2.13. The first-order valence-corrected chi connectivity index (χ1v) is 6.55. The molecule has 1 unspecified atom stereocenters. The summed E-state index contributed by atoms with van der Waals surface area (Å²) in [5.41, 5.74) is 0.412. The second kappa shape index (κ2) is 5.05. The van der Waals surface area contributed by atoms with Crippen LogP contribution in [-0.2, 0) is 4.74 Å². The molecule has 1 aliphatic rings. The number of rotatable bonds is 2. The average molecular weight is 227 g/mol. The van der Waals surface area contributed by atoms with Crippen LogP contribution in [0.1, 0.15) is 54.4 Å². The minimum Gasteiger partial charge on any atom is -0.360 e. The minimum absolute atomic E-state index is 0.0192. The fourth-order valence-corrected chi connectivity index (χ4v) is 2.16. The van der Waals surface area contributed by atoms with E-state index in [-0.39, 0.29) is 5.60 Å². The van der Waals surface area contributed by atoms with Crippen molar-refractivity contribution in [3.8, 4) is 0 Å². The second-order valence-electron chi connectivity index (χ2n) is 7.17. The van der Waals surface area contributed by atoms with Crippen molar-refractivity contribution in [3.05, 3.63) is 0 Å². The number of hydrogen-bond acceptors (Lipinski definition) is 2. The highest BCUT2D eigenvalue weighted by Crippen LogP contribution is 2.33. The summed E-state index contributed by atoms with van der Waals surface area (Å²) in [6.45, 7) is 16.6. The number of ether oxygens (including phenoxy) is 1. The Bertz CT molecular complexity index is 212. The maximum atomic E-state index is 5.86. The number of nitrogens with zero attached hydrogens (tertiary/aromatic N) is 1. The van der Waals surface area contributed by atoms with E-state index in [4.69, 9.17) is 4.74 Å². The molecule has 0 radical (unpaired) electrons. The van der Waals surface area contributed by atoms with E-state index in [0.717, 1.165) is 12.6 Å². The summed E-state index contributed by atoms with van der Waals surface area (Å²) in [5.74, 6) is 0.810. The summed E-state index contributed by atoms with van der Waals surface area (Å²) >= 11 is 0. The van der Waals surface area contributed by atoms with Gasteiger partial charge in [-0.15, -0.1) is 0 Å². The van der Waals surface area contributed by atoms with Gasteiger partial charge in [-0.05, 0) is 44.9 Å². The van der Waals surface area contributed by atoms with E-state index in [9.17, 15) is 0 Å². The first kappa shape index (κ1) is 14.0. The molecular weight excluding hydrogens is 198 g/mol. The van der Waals surface area contributed by atoms with Crippen molar-refractivity contribution in [1.29, 1.82) is 0 Å². The molecule has 2 nitrogen and oxygen atoms in total. The zero-order valence-corrected chi connectivity index (χ0v) is 12.0. The van der Waals surface area contributed by atoms with E-state index in [0.29, 0.717) is 5.41 Å². The Morgan fingerprint density at radius 2 is 1.75 bits per heavy atom. The molecule has 1 saturated heterocycles. The predicted octanol–water partition coefficient (Wildman–Crippen LogP) is 3.52. The van der Waals surface area contributed by atoms with E-state index >= 15 is 0 Å². The molecule has 96 valence electrons. The summed E-state index contributed by atoms with van der Waals surface area (Å²) in [5, 5.41) is 0. The zero-order chi connectivity index (χ0) is 12.4. The zero-order valence-electron chi connectivity index (χ0n) is 12.0. The lowest BCUT2D eigenvalue weighted by molar-refractivity contribution is -0.0793. The lowest BCUT2D eigenvalue weighted by Crippen LogP contribution is -2.42. The fraction of sp³-hybridized carbons (Fsp3) is 1.00. The van der Waals surface area contributed by atoms with Gasteiger partial charge in [0, 0.05) is 13.1 Å². The van der Waals surface area contributed by atoms with Crippen molar-refractivity contribution in [2.24, 2.45) is 11.3 Å². The van der Waals surface area contributed by atoms with Gasteiger partial charge in [-0.3, -0.25) is 4.90 Å². The first-order valence-electron chi connectivity index (χ1n) is 6.55. The summed E-state index contributed by atoms with van der Waals surface area (Å²) in [6, 6.07) is 0. The third-order valence-corrected chi connectivity index (χ3v) is 3.41. The molecule has 0 saturated carbocycles. The quantitative estimate of drug-likeness (QED) is 0.715. The first-order chi connectivity index (χ1) is 7.18. The molecule has 0 aliphatic carbocycles. The van der Waals surface area contributed by atoms with Gasteiger partial charge in [0.2, 0.25) is 0 Å². The van der Waals surface area contributed by atoms with Crippen LogP contribution >= 0.6 is 0 Å². The largest absolute Gasteiger partial charge is 0.360 e. The van der Waals surface area contributed by atoms with Gasteiger partial charge in [0.15, 0.2) is 0 Å². The monoisotopic (exact) mass is 227 g/mol. The van der Waals surface area contributed by atoms with Crippen molar-refractivity contribution in [3.63, 3.8) is 0 Å². The van der Waals surface area contributed by atoms with Crippen LogP contribution in [0.5, 0.6) is 0 Å². The smallest absolute Gasteiger partial charge is 0.0997 e. The summed E-state index contributed by atoms with van der Waals surface area (Å²) in [4.78, 5) is 2.46. The molecule has 0 aromatic rings. The molecule has 0 aromatic heterocycles. The van der Waals surface area contributed by atoms with Crippen LogP contribution in [0.2, 0.25) is 0 Å². The Balaban J connectivity index is 2.39. The molecular formula is C14H29NO. The van der Waals surface area contributed by atoms with E-state index in [1.807, 2.05) is 0 Å². The Kier molecular flexibility index (Phi) is 4.42. The number of hydrogen-bond donors (Lipinski definition) is 0. The summed E-state index contributed by atoms with van der Waals surface area (Å²) < 4.78 is 5.86. The van der Waals surface area contributed by atoms with Crippen molar-refractivity contribution in [2.45, 2.75) is 60.0 Å². The SMILES string of the molecule is CC(C)(C)OCN1CCCC(C(C)(C)C)C1. The number of piperidine rings is 1. The van der Waals surface area contributed by atoms with E-state index < -0.39 is 0 Å². The van der Waals surface area contributed by atoms with E-state index in [1.54, 1.807) is 0 Å². The summed E-state index contributed by atoms with van der Waals surface area (Å²) in [7, 11) is 0. The molecule has 0 N–H and O–H groups in total. The van der Waals surface area contributed by atoms with Crippen molar-refractivity contribution in [2.75, 3.05) is 19.8 Å². The van der Waals surface area contributed by atoms with Gasteiger partial charge in [0.25, 0.3) is 0 Å².